The van der Waals surface area contributed by atoms with Crippen LogP contribution in [0.25, 0.3) is 10.7 Å². The second kappa shape index (κ2) is 7.27. The fourth-order valence-electron chi connectivity index (χ4n) is 3.16. The van der Waals surface area contributed by atoms with Crippen molar-refractivity contribution >= 4 is 29.0 Å². The third-order valence-electron chi connectivity index (χ3n) is 4.75. The van der Waals surface area contributed by atoms with E-state index in [4.69, 9.17) is 5.73 Å². The van der Waals surface area contributed by atoms with Crippen molar-refractivity contribution in [1.29, 1.82) is 0 Å². The lowest BCUT2D eigenvalue weighted by atomic mass is 9.87. The molecule has 2 atom stereocenters. The van der Waals surface area contributed by atoms with Crippen LogP contribution in [0.2, 0.25) is 0 Å². The van der Waals surface area contributed by atoms with Gasteiger partial charge in [-0.05, 0) is 43.2 Å². The highest BCUT2D eigenvalue weighted by molar-refractivity contribution is 8.00. The molecule has 0 saturated heterocycles. The molecule has 2 aromatic heterocycles. The number of primary amides is 1. The highest BCUT2D eigenvalue weighted by atomic mass is 32.2. The average molecular weight is 365 g/mol. The van der Waals surface area contributed by atoms with Crippen molar-refractivity contribution in [1.82, 2.24) is 14.8 Å². The van der Waals surface area contributed by atoms with Gasteiger partial charge in [0.1, 0.15) is 0 Å². The molecule has 130 valence electrons. The zero-order valence-electron chi connectivity index (χ0n) is 14.4. The maximum atomic E-state index is 11.5. The standard InChI is InChI=1S/C17H24N4OS2/c1-4-10-6-7-13-11(8-10)9-14(23-13)16-19-20-17(21(16)3)24-12(5-2)15(18)22/h9-10,12H,4-8H2,1-3H3,(H2,18,22). The monoisotopic (exact) mass is 364 g/mol. The van der Waals surface area contributed by atoms with Gasteiger partial charge in [0.05, 0.1) is 10.1 Å². The molecule has 0 aromatic carbocycles. The van der Waals surface area contributed by atoms with E-state index in [1.165, 1.54) is 52.8 Å². The van der Waals surface area contributed by atoms with E-state index in [0.717, 1.165) is 16.9 Å². The van der Waals surface area contributed by atoms with Crippen LogP contribution in [-0.4, -0.2) is 25.9 Å². The molecule has 24 heavy (non-hydrogen) atoms. The Morgan fingerprint density at radius 2 is 2.29 bits per heavy atom. The van der Waals surface area contributed by atoms with E-state index in [9.17, 15) is 4.79 Å². The maximum absolute atomic E-state index is 11.5. The summed E-state index contributed by atoms with van der Waals surface area (Å²) >= 11 is 3.23. The SMILES string of the molecule is CCC1CCc2sc(-c3nnc(SC(CC)C(N)=O)n3C)cc2C1. The number of carbonyl (C=O) groups is 1. The summed E-state index contributed by atoms with van der Waals surface area (Å²) < 4.78 is 1.98. The van der Waals surface area contributed by atoms with E-state index in [1.54, 1.807) is 0 Å². The first-order chi connectivity index (χ1) is 11.5. The van der Waals surface area contributed by atoms with E-state index in [0.29, 0.717) is 6.42 Å². The molecule has 0 saturated carbocycles. The zero-order valence-corrected chi connectivity index (χ0v) is 16.0. The number of nitrogens with zero attached hydrogens (tertiary/aromatic N) is 3. The summed E-state index contributed by atoms with van der Waals surface area (Å²) in [7, 11) is 1.96. The van der Waals surface area contributed by atoms with Crippen LogP contribution >= 0.6 is 23.1 Å². The van der Waals surface area contributed by atoms with Gasteiger partial charge < -0.3 is 10.3 Å². The predicted octanol–water partition coefficient (Wildman–Crippen LogP) is 3.41. The van der Waals surface area contributed by atoms with E-state index in [-0.39, 0.29) is 11.2 Å². The van der Waals surface area contributed by atoms with Gasteiger partial charge in [0.15, 0.2) is 11.0 Å². The molecule has 0 spiro atoms. The Morgan fingerprint density at radius 3 is 2.96 bits per heavy atom. The highest BCUT2D eigenvalue weighted by Gasteiger charge is 2.24. The quantitative estimate of drug-likeness (QED) is 0.797. The molecule has 5 nitrogen and oxygen atoms in total. The molecular formula is C17H24N4OS2. The van der Waals surface area contributed by atoms with Crippen LogP contribution in [0.1, 0.15) is 43.6 Å². The molecular weight excluding hydrogens is 340 g/mol. The van der Waals surface area contributed by atoms with Gasteiger partial charge in [0.25, 0.3) is 0 Å². The van der Waals surface area contributed by atoms with Crippen molar-refractivity contribution < 1.29 is 4.79 Å². The summed E-state index contributed by atoms with van der Waals surface area (Å²) in [5.74, 6) is 1.39. The number of thiophene rings is 1. The van der Waals surface area contributed by atoms with E-state index in [2.05, 4.69) is 23.2 Å². The zero-order chi connectivity index (χ0) is 17.3. The van der Waals surface area contributed by atoms with Gasteiger partial charge in [-0.25, -0.2) is 0 Å². The van der Waals surface area contributed by atoms with Crippen LogP contribution < -0.4 is 5.73 Å². The van der Waals surface area contributed by atoms with Crippen molar-refractivity contribution in [3.05, 3.63) is 16.5 Å². The van der Waals surface area contributed by atoms with E-state index >= 15 is 0 Å². The Balaban J connectivity index is 1.84. The van der Waals surface area contributed by atoms with Crippen LogP contribution in [0, 0.1) is 5.92 Å². The Morgan fingerprint density at radius 1 is 1.50 bits per heavy atom. The molecule has 7 heteroatoms. The fourth-order valence-corrected chi connectivity index (χ4v) is 5.26. The summed E-state index contributed by atoms with van der Waals surface area (Å²) in [6.07, 6.45) is 5.59. The Bertz CT molecular complexity index is 737. The van der Waals surface area contributed by atoms with Gasteiger partial charge in [0.2, 0.25) is 5.91 Å². The summed E-state index contributed by atoms with van der Waals surface area (Å²) in [4.78, 5) is 14.1. The molecule has 0 bridgehead atoms. The molecule has 1 amide bonds. The topological polar surface area (TPSA) is 73.8 Å². The summed E-state index contributed by atoms with van der Waals surface area (Å²) in [5.41, 5.74) is 6.92. The second-order valence-electron chi connectivity index (χ2n) is 6.36. The first-order valence-corrected chi connectivity index (χ1v) is 10.2. The first-order valence-electron chi connectivity index (χ1n) is 8.50. The number of aromatic nitrogens is 3. The Hall–Kier alpha value is -1.34. The molecule has 2 heterocycles. The number of aryl methyl sites for hydroxylation is 1. The molecule has 2 N–H and O–H groups in total. The molecule has 0 aliphatic heterocycles. The normalized spacial score (nSPS) is 18.4. The van der Waals surface area contributed by atoms with Gasteiger partial charge in [-0.15, -0.1) is 21.5 Å². The maximum Gasteiger partial charge on any atom is 0.231 e. The Labute approximate surface area is 151 Å². The van der Waals surface area contributed by atoms with Gasteiger partial charge in [-0.3, -0.25) is 4.79 Å². The van der Waals surface area contributed by atoms with Gasteiger partial charge in [-0.2, -0.15) is 0 Å². The number of rotatable bonds is 6. The fraction of sp³-hybridized carbons (Fsp3) is 0.588. The molecule has 1 aliphatic carbocycles. The number of hydrogen-bond donors (Lipinski definition) is 1. The molecule has 3 rings (SSSR count). The number of thioether (sulfide) groups is 1. The number of hydrogen-bond acceptors (Lipinski definition) is 5. The van der Waals surface area contributed by atoms with Gasteiger partial charge in [-0.1, -0.05) is 32.0 Å². The summed E-state index contributed by atoms with van der Waals surface area (Å²) in [5, 5.41) is 9.12. The van der Waals surface area contributed by atoms with E-state index < -0.39 is 0 Å². The van der Waals surface area contributed by atoms with Gasteiger partial charge >= 0.3 is 0 Å². The Kier molecular flexibility index (Phi) is 5.30. The van der Waals surface area contributed by atoms with Crippen LogP contribution in [0.4, 0.5) is 0 Å². The largest absolute Gasteiger partial charge is 0.369 e. The van der Waals surface area contributed by atoms with Gasteiger partial charge in [0, 0.05) is 11.9 Å². The lowest BCUT2D eigenvalue weighted by Gasteiger charge is -2.19. The van der Waals surface area contributed by atoms with E-state index in [1.807, 2.05) is 29.9 Å². The highest BCUT2D eigenvalue weighted by Crippen LogP contribution is 2.38. The smallest absolute Gasteiger partial charge is 0.231 e. The molecule has 2 aromatic rings. The van der Waals surface area contributed by atoms with Crippen LogP contribution in [-0.2, 0) is 24.7 Å². The average Bonchev–Trinajstić information content (AvgIpc) is 3.14. The van der Waals surface area contributed by atoms with Crippen LogP contribution in [0.5, 0.6) is 0 Å². The minimum atomic E-state index is -0.302. The van der Waals surface area contributed by atoms with Crippen molar-refractivity contribution in [2.45, 2.75) is 56.4 Å². The summed E-state index contributed by atoms with van der Waals surface area (Å²) in [6, 6.07) is 2.28. The number of amides is 1. The minimum Gasteiger partial charge on any atom is -0.369 e. The molecule has 0 fully saturated rings. The van der Waals surface area contributed by atoms with Crippen molar-refractivity contribution in [2.24, 2.45) is 18.7 Å². The molecule has 1 aliphatic rings. The number of nitrogens with two attached hydrogens (primary N) is 1. The van der Waals surface area contributed by atoms with Crippen molar-refractivity contribution in [2.75, 3.05) is 0 Å². The number of fused-ring (bicyclic) bond motifs is 1. The molecule has 0 radical (unpaired) electrons. The van der Waals surface area contributed by atoms with Crippen LogP contribution in [0.15, 0.2) is 11.2 Å². The van der Waals surface area contributed by atoms with Crippen LogP contribution in [0.3, 0.4) is 0 Å². The summed E-state index contributed by atoms with van der Waals surface area (Å²) in [6.45, 7) is 4.23. The second-order valence-corrected chi connectivity index (χ2v) is 8.67. The predicted molar refractivity (Wildman–Crippen MR) is 99.3 cm³/mol. The van der Waals surface area contributed by atoms with Crippen molar-refractivity contribution in [3.8, 4) is 10.7 Å². The van der Waals surface area contributed by atoms with Crippen molar-refractivity contribution in [3.63, 3.8) is 0 Å². The molecule has 2 unspecified atom stereocenters. The minimum absolute atomic E-state index is 0.261. The lowest BCUT2D eigenvalue weighted by molar-refractivity contribution is -0.117. The third kappa shape index (κ3) is 3.37. The third-order valence-corrected chi connectivity index (χ3v) is 7.40. The number of carbonyl (C=O) groups excluding carboxylic acids is 1. The lowest BCUT2D eigenvalue weighted by Crippen LogP contribution is -2.25. The first kappa shape index (κ1) is 17.5.